The molecule has 3 aromatic heterocycles. The molecule has 0 bridgehead atoms. The van der Waals surface area contributed by atoms with E-state index >= 15 is 0 Å². The number of benzene rings is 1. The van der Waals surface area contributed by atoms with Crippen LogP contribution >= 0.6 is 0 Å². The number of aromatic nitrogens is 5. The van der Waals surface area contributed by atoms with E-state index in [-0.39, 0.29) is 17.6 Å². The van der Waals surface area contributed by atoms with E-state index in [1.807, 2.05) is 17.9 Å². The Kier molecular flexibility index (Phi) is 5.22. The van der Waals surface area contributed by atoms with Crippen LogP contribution in [0.3, 0.4) is 0 Å². The van der Waals surface area contributed by atoms with Crippen LogP contribution in [0, 0.1) is 12.7 Å². The average Bonchev–Trinajstić information content (AvgIpc) is 3.15. The second-order valence-corrected chi connectivity index (χ2v) is 7.93. The molecule has 8 nitrogen and oxygen atoms in total. The molecule has 0 radical (unpaired) electrons. The van der Waals surface area contributed by atoms with Gasteiger partial charge in [0.05, 0.1) is 11.9 Å². The Morgan fingerprint density at radius 1 is 1.22 bits per heavy atom. The van der Waals surface area contributed by atoms with E-state index in [0.29, 0.717) is 30.5 Å². The quantitative estimate of drug-likeness (QED) is 0.507. The summed E-state index contributed by atoms with van der Waals surface area (Å²) in [6.07, 6.45) is 8.31. The van der Waals surface area contributed by atoms with E-state index in [4.69, 9.17) is 0 Å². The summed E-state index contributed by atoms with van der Waals surface area (Å²) in [5.74, 6) is 0.720. The van der Waals surface area contributed by atoms with Crippen LogP contribution in [0.2, 0.25) is 0 Å². The van der Waals surface area contributed by atoms with Crippen LogP contribution in [0.15, 0.2) is 49.1 Å². The van der Waals surface area contributed by atoms with Gasteiger partial charge in [0.15, 0.2) is 5.82 Å². The number of nitrogens with zero attached hydrogens (tertiary/aromatic N) is 5. The summed E-state index contributed by atoms with van der Waals surface area (Å²) in [5, 5.41) is 3.79. The third-order valence-corrected chi connectivity index (χ3v) is 5.84. The number of hydrogen-bond acceptors (Lipinski definition) is 6. The number of H-pyrrole nitrogens is 1. The van der Waals surface area contributed by atoms with Crippen LogP contribution in [0.1, 0.15) is 40.5 Å². The first-order valence-electron chi connectivity index (χ1n) is 10.5. The number of aryl methyl sites for hydroxylation is 1. The summed E-state index contributed by atoms with van der Waals surface area (Å²) in [5.41, 5.74) is 2.92. The van der Waals surface area contributed by atoms with Crippen LogP contribution in [-0.2, 0) is 0 Å². The lowest BCUT2D eigenvalue weighted by Gasteiger charge is -2.32. The molecule has 0 saturated carbocycles. The number of rotatable bonds is 4. The molecule has 1 atom stereocenters. The van der Waals surface area contributed by atoms with Crippen molar-refractivity contribution in [3.8, 4) is 0 Å². The maximum absolute atomic E-state index is 13.7. The zero-order valence-corrected chi connectivity index (χ0v) is 17.5. The summed E-state index contributed by atoms with van der Waals surface area (Å²) in [4.78, 5) is 35.4. The molecule has 0 spiro atoms. The molecule has 1 aliphatic heterocycles. The maximum Gasteiger partial charge on any atom is 0.270 e. The van der Waals surface area contributed by atoms with E-state index in [9.17, 15) is 9.18 Å². The Morgan fingerprint density at radius 2 is 2.12 bits per heavy atom. The third kappa shape index (κ3) is 3.89. The number of nitrogens with one attached hydrogen (secondary N) is 2. The van der Waals surface area contributed by atoms with Crippen molar-refractivity contribution in [3.05, 3.63) is 71.8 Å². The van der Waals surface area contributed by atoms with Crippen molar-refractivity contribution in [2.75, 3.05) is 18.4 Å². The van der Waals surface area contributed by atoms with Gasteiger partial charge in [-0.2, -0.15) is 0 Å². The van der Waals surface area contributed by atoms with Crippen LogP contribution in [0.5, 0.6) is 0 Å². The number of carbonyl (C=O) groups is 1. The van der Waals surface area contributed by atoms with Crippen molar-refractivity contribution in [2.24, 2.45) is 0 Å². The highest BCUT2D eigenvalue weighted by molar-refractivity contribution is 6.01. The molecular formula is C23H22FN7O. The lowest BCUT2D eigenvalue weighted by atomic mass is 9.94. The van der Waals surface area contributed by atoms with Gasteiger partial charge < -0.3 is 15.2 Å². The van der Waals surface area contributed by atoms with Gasteiger partial charge in [0, 0.05) is 48.5 Å². The zero-order chi connectivity index (χ0) is 22.1. The molecule has 4 heterocycles. The van der Waals surface area contributed by atoms with Crippen LogP contribution < -0.4 is 5.32 Å². The maximum atomic E-state index is 13.7. The molecule has 162 valence electrons. The zero-order valence-electron chi connectivity index (χ0n) is 17.5. The first-order chi connectivity index (χ1) is 15.6. The largest absolute Gasteiger partial charge is 0.350 e. The summed E-state index contributed by atoms with van der Waals surface area (Å²) < 4.78 is 13.7. The van der Waals surface area contributed by atoms with E-state index in [1.54, 1.807) is 30.9 Å². The molecule has 0 aliphatic carbocycles. The van der Waals surface area contributed by atoms with E-state index in [0.717, 1.165) is 35.0 Å². The fourth-order valence-electron chi connectivity index (χ4n) is 4.21. The van der Waals surface area contributed by atoms with Crippen LogP contribution in [0.4, 0.5) is 16.2 Å². The highest BCUT2D eigenvalue weighted by atomic mass is 19.1. The summed E-state index contributed by atoms with van der Waals surface area (Å²) in [6.45, 7) is 3.08. The minimum absolute atomic E-state index is 0.0734. The van der Waals surface area contributed by atoms with Gasteiger partial charge in [-0.25, -0.2) is 19.3 Å². The Morgan fingerprint density at radius 3 is 2.97 bits per heavy atom. The Balaban J connectivity index is 1.35. The predicted octanol–water partition coefficient (Wildman–Crippen LogP) is 3.96. The average molecular weight is 431 g/mol. The Bertz CT molecular complexity index is 1270. The number of carbonyl (C=O) groups excluding carboxylic acids is 1. The number of aromatic amines is 1. The molecule has 1 fully saturated rings. The molecule has 4 aromatic rings. The molecule has 1 saturated heterocycles. The molecule has 9 heteroatoms. The number of likely N-dealkylation sites (tertiary alicyclic amines) is 1. The standard InChI is InChI=1S/C23H22FN7O/c1-14-17-11-16(24)4-5-19(17)28-21(14)22(32)31-10-2-3-15(13-31)18-6-7-27-23(29-18)30-20-12-25-8-9-26-20/h4-9,11-12,15,28H,2-3,10,13H2,1H3,(H,26,27,29,30)/t15-/m1/s1. The molecule has 32 heavy (non-hydrogen) atoms. The topological polar surface area (TPSA) is 99.7 Å². The lowest BCUT2D eigenvalue weighted by molar-refractivity contribution is 0.0700. The van der Waals surface area contributed by atoms with Gasteiger partial charge in [0.2, 0.25) is 5.95 Å². The number of fused-ring (bicyclic) bond motifs is 1. The minimum Gasteiger partial charge on any atom is -0.350 e. The van der Waals surface area contributed by atoms with Crippen molar-refractivity contribution in [2.45, 2.75) is 25.7 Å². The van der Waals surface area contributed by atoms with Gasteiger partial charge in [0.1, 0.15) is 11.5 Å². The van der Waals surface area contributed by atoms with E-state index in [2.05, 4.69) is 30.2 Å². The van der Waals surface area contributed by atoms with Gasteiger partial charge in [0.25, 0.3) is 5.91 Å². The molecule has 1 amide bonds. The summed E-state index contributed by atoms with van der Waals surface area (Å²) in [7, 11) is 0. The highest BCUT2D eigenvalue weighted by Crippen LogP contribution is 2.29. The number of piperidine rings is 1. The van der Waals surface area contributed by atoms with Gasteiger partial charge in [-0.3, -0.25) is 9.78 Å². The van der Waals surface area contributed by atoms with Crippen molar-refractivity contribution in [3.63, 3.8) is 0 Å². The first kappa shape index (κ1) is 20.0. The van der Waals surface area contributed by atoms with E-state index in [1.165, 1.54) is 12.1 Å². The SMILES string of the molecule is Cc1c(C(=O)N2CCC[C@@H](c3ccnc(Nc4cnccn4)n3)C2)[nH]c2ccc(F)cc12. The van der Waals surface area contributed by atoms with Crippen LogP contribution in [-0.4, -0.2) is 48.8 Å². The molecule has 1 aromatic carbocycles. The molecular weight excluding hydrogens is 409 g/mol. The fraction of sp³-hybridized carbons (Fsp3) is 0.261. The fourth-order valence-corrected chi connectivity index (χ4v) is 4.21. The first-order valence-corrected chi connectivity index (χ1v) is 10.5. The van der Waals surface area contributed by atoms with Crippen molar-refractivity contribution in [1.82, 2.24) is 29.8 Å². The predicted molar refractivity (Wildman–Crippen MR) is 118 cm³/mol. The smallest absolute Gasteiger partial charge is 0.270 e. The lowest BCUT2D eigenvalue weighted by Crippen LogP contribution is -2.39. The normalized spacial score (nSPS) is 16.3. The highest BCUT2D eigenvalue weighted by Gasteiger charge is 2.28. The van der Waals surface area contributed by atoms with Crippen molar-refractivity contribution >= 4 is 28.6 Å². The minimum atomic E-state index is -0.314. The molecule has 1 aliphatic rings. The van der Waals surface area contributed by atoms with Gasteiger partial charge >= 0.3 is 0 Å². The second-order valence-electron chi connectivity index (χ2n) is 7.93. The van der Waals surface area contributed by atoms with Gasteiger partial charge in [-0.05, 0) is 49.6 Å². The van der Waals surface area contributed by atoms with E-state index < -0.39 is 0 Å². The Hall–Kier alpha value is -3.88. The van der Waals surface area contributed by atoms with Crippen molar-refractivity contribution in [1.29, 1.82) is 0 Å². The number of amides is 1. The summed E-state index contributed by atoms with van der Waals surface area (Å²) >= 11 is 0. The number of hydrogen-bond donors (Lipinski definition) is 2. The number of anilines is 2. The van der Waals surface area contributed by atoms with Crippen molar-refractivity contribution < 1.29 is 9.18 Å². The molecule has 5 rings (SSSR count). The monoisotopic (exact) mass is 431 g/mol. The Labute approximate surface area is 184 Å². The van der Waals surface area contributed by atoms with Crippen LogP contribution in [0.25, 0.3) is 10.9 Å². The van der Waals surface area contributed by atoms with Gasteiger partial charge in [-0.15, -0.1) is 0 Å². The molecule has 2 N–H and O–H groups in total. The number of halogens is 1. The second kappa shape index (κ2) is 8.33. The van der Waals surface area contributed by atoms with Gasteiger partial charge in [-0.1, -0.05) is 0 Å². The summed E-state index contributed by atoms with van der Waals surface area (Å²) in [6, 6.07) is 6.41. The third-order valence-electron chi connectivity index (χ3n) is 5.84. The molecule has 0 unspecified atom stereocenters.